The molecule has 1 atom stereocenters. The van der Waals surface area contributed by atoms with Crippen LogP contribution in [0.25, 0.3) is 0 Å². The molecule has 6 nitrogen and oxygen atoms in total. The molecule has 27 heavy (non-hydrogen) atoms. The molecule has 3 rings (SSSR count). The first kappa shape index (κ1) is 18.9. The van der Waals surface area contributed by atoms with E-state index in [-0.39, 0.29) is 17.9 Å². The van der Waals surface area contributed by atoms with Crippen LogP contribution in [0.5, 0.6) is 0 Å². The Hall–Kier alpha value is -2.86. The third-order valence-corrected chi connectivity index (χ3v) is 4.57. The number of anilines is 2. The summed E-state index contributed by atoms with van der Waals surface area (Å²) in [6, 6.07) is 14.4. The highest BCUT2D eigenvalue weighted by Crippen LogP contribution is 2.13. The number of ether oxygens (including phenoxy) is 1. The maximum absolute atomic E-state index is 12.2. The van der Waals surface area contributed by atoms with Gasteiger partial charge in [0.2, 0.25) is 5.91 Å². The molecule has 1 aliphatic heterocycles. The number of nitrogens with two attached hydrogens (primary N) is 1. The van der Waals surface area contributed by atoms with Gasteiger partial charge in [-0.3, -0.25) is 9.59 Å². The maximum atomic E-state index is 12.2. The van der Waals surface area contributed by atoms with Gasteiger partial charge in [0.15, 0.2) is 0 Å². The fraction of sp³-hybridized carbons (Fsp3) is 0.333. The molecule has 0 aliphatic carbocycles. The van der Waals surface area contributed by atoms with E-state index in [1.807, 2.05) is 24.3 Å². The predicted octanol–water partition coefficient (Wildman–Crippen LogP) is 2.75. The smallest absolute Gasteiger partial charge is 0.251 e. The van der Waals surface area contributed by atoms with Crippen molar-refractivity contribution in [2.45, 2.75) is 31.8 Å². The first-order chi connectivity index (χ1) is 13.1. The second-order valence-electron chi connectivity index (χ2n) is 6.71. The zero-order chi connectivity index (χ0) is 19.1. The van der Waals surface area contributed by atoms with E-state index in [9.17, 15) is 9.59 Å². The Kier molecular flexibility index (Phi) is 6.44. The van der Waals surface area contributed by atoms with E-state index in [1.165, 1.54) is 0 Å². The van der Waals surface area contributed by atoms with E-state index >= 15 is 0 Å². The number of carbonyl (C=O) groups excluding carboxylic acids is 2. The zero-order valence-electron chi connectivity index (χ0n) is 15.2. The molecule has 1 heterocycles. The Morgan fingerprint density at radius 1 is 1.07 bits per heavy atom. The van der Waals surface area contributed by atoms with E-state index in [0.29, 0.717) is 36.3 Å². The Morgan fingerprint density at radius 2 is 1.81 bits per heavy atom. The van der Waals surface area contributed by atoms with Crippen LogP contribution >= 0.6 is 0 Å². The van der Waals surface area contributed by atoms with Crippen LogP contribution in [0.2, 0.25) is 0 Å². The van der Waals surface area contributed by atoms with Gasteiger partial charge in [-0.25, -0.2) is 0 Å². The lowest BCUT2D eigenvalue weighted by Gasteiger charge is -2.11. The minimum Gasteiger partial charge on any atom is -0.399 e. The Balaban J connectivity index is 1.44. The summed E-state index contributed by atoms with van der Waals surface area (Å²) in [7, 11) is 0. The summed E-state index contributed by atoms with van der Waals surface area (Å²) in [4.78, 5) is 24.2. The maximum Gasteiger partial charge on any atom is 0.251 e. The summed E-state index contributed by atoms with van der Waals surface area (Å²) in [5.41, 5.74) is 8.67. The SMILES string of the molecule is Nc1ccc(CCC(=O)Nc2ccc(C(=O)NCC3CCCO3)cc2)cc1. The van der Waals surface area contributed by atoms with E-state index < -0.39 is 0 Å². The molecule has 0 saturated carbocycles. The number of hydrogen-bond acceptors (Lipinski definition) is 4. The normalized spacial score (nSPS) is 16.1. The zero-order valence-corrected chi connectivity index (χ0v) is 15.2. The van der Waals surface area contributed by atoms with Crippen molar-refractivity contribution in [1.29, 1.82) is 0 Å². The summed E-state index contributed by atoms with van der Waals surface area (Å²) in [5, 5.41) is 5.73. The van der Waals surface area contributed by atoms with Crippen LogP contribution in [-0.2, 0) is 16.0 Å². The van der Waals surface area contributed by atoms with Gasteiger partial charge in [0.1, 0.15) is 0 Å². The van der Waals surface area contributed by atoms with Crippen molar-refractivity contribution in [3.05, 3.63) is 59.7 Å². The highest BCUT2D eigenvalue weighted by molar-refractivity contribution is 5.95. The molecule has 0 aromatic heterocycles. The Morgan fingerprint density at radius 3 is 2.48 bits per heavy atom. The van der Waals surface area contributed by atoms with Crippen LogP contribution in [0.3, 0.4) is 0 Å². The average Bonchev–Trinajstić information content (AvgIpc) is 3.20. The van der Waals surface area contributed by atoms with Crippen LogP contribution in [-0.4, -0.2) is 31.1 Å². The molecule has 1 aliphatic rings. The van der Waals surface area contributed by atoms with E-state index in [1.54, 1.807) is 24.3 Å². The van der Waals surface area contributed by atoms with Crippen molar-refractivity contribution in [2.75, 3.05) is 24.2 Å². The van der Waals surface area contributed by atoms with Gasteiger partial charge < -0.3 is 21.1 Å². The van der Waals surface area contributed by atoms with Crippen molar-refractivity contribution in [3.8, 4) is 0 Å². The van der Waals surface area contributed by atoms with Gasteiger partial charge >= 0.3 is 0 Å². The van der Waals surface area contributed by atoms with Gasteiger partial charge in [-0.15, -0.1) is 0 Å². The molecule has 2 aromatic rings. The Bertz CT molecular complexity index is 766. The van der Waals surface area contributed by atoms with E-state index in [2.05, 4.69) is 10.6 Å². The van der Waals surface area contributed by atoms with Crippen LogP contribution < -0.4 is 16.4 Å². The summed E-state index contributed by atoms with van der Waals surface area (Å²) < 4.78 is 5.49. The van der Waals surface area contributed by atoms with Gasteiger partial charge in [-0.1, -0.05) is 12.1 Å². The first-order valence-corrected chi connectivity index (χ1v) is 9.24. The molecule has 142 valence electrons. The van der Waals surface area contributed by atoms with Crippen molar-refractivity contribution >= 4 is 23.2 Å². The minimum absolute atomic E-state index is 0.0672. The lowest BCUT2D eigenvalue weighted by Crippen LogP contribution is -2.31. The molecule has 0 spiro atoms. The number of rotatable bonds is 7. The van der Waals surface area contributed by atoms with Crippen LogP contribution in [0.1, 0.15) is 35.2 Å². The van der Waals surface area contributed by atoms with Crippen molar-refractivity contribution < 1.29 is 14.3 Å². The number of nitrogen functional groups attached to an aromatic ring is 1. The fourth-order valence-corrected chi connectivity index (χ4v) is 2.98. The molecule has 2 amide bonds. The topological polar surface area (TPSA) is 93.5 Å². The molecule has 4 N–H and O–H groups in total. The molecule has 1 saturated heterocycles. The number of amides is 2. The van der Waals surface area contributed by atoms with E-state index in [4.69, 9.17) is 10.5 Å². The molecule has 1 unspecified atom stereocenters. The first-order valence-electron chi connectivity index (χ1n) is 9.24. The van der Waals surface area contributed by atoms with Gasteiger partial charge in [0, 0.05) is 36.5 Å². The lowest BCUT2D eigenvalue weighted by atomic mass is 10.1. The highest BCUT2D eigenvalue weighted by Gasteiger charge is 2.16. The minimum atomic E-state index is -0.133. The molecule has 2 aromatic carbocycles. The van der Waals surface area contributed by atoms with E-state index in [0.717, 1.165) is 25.0 Å². The van der Waals surface area contributed by atoms with Crippen molar-refractivity contribution in [1.82, 2.24) is 5.32 Å². The van der Waals surface area contributed by atoms with Crippen LogP contribution in [0, 0.1) is 0 Å². The summed E-state index contributed by atoms with van der Waals surface area (Å²) in [5.74, 6) is -0.200. The van der Waals surface area contributed by atoms with Gasteiger partial charge in [0.05, 0.1) is 6.10 Å². The number of hydrogen-bond donors (Lipinski definition) is 3. The number of benzene rings is 2. The number of nitrogens with one attached hydrogen (secondary N) is 2. The van der Waals surface area contributed by atoms with Crippen LogP contribution in [0.4, 0.5) is 11.4 Å². The predicted molar refractivity (Wildman–Crippen MR) is 106 cm³/mol. The summed E-state index contributed by atoms with van der Waals surface area (Å²) in [6.07, 6.45) is 3.19. The number of aryl methyl sites for hydroxylation is 1. The van der Waals surface area contributed by atoms with Crippen molar-refractivity contribution in [3.63, 3.8) is 0 Å². The molecule has 0 radical (unpaired) electrons. The largest absolute Gasteiger partial charge is 0.399 e. The molecule has 1 fully saturated rings. The fourth-order valence-electron chi connectivity index (χ4n) is 2.98. The monoisotopic (exact) mass is 367 g/mol. The average molecular weight is 367 g/mol. The van der Waals surface area contributed by atoms with Gasteiger partial charge in [0.25, 0.3) is 5.91 Å². The third-order valence-electron chi connectivity index (χ3n) is 4.57. The summed E-state index contributed by atoms with van der Waals surface area (Å²) in [6.45, 7) is 1.30. The van der Waals surface area contributed by atoms with Gasteiger partial charge in [-0.2, -0.15) is 0 Å². The quantitative estimate of drug-likeness (QED) is 0.656. The van der Waals surface area contributed by atoms with Crippen molar-refractivity contribution in [2.24, 2.45) is 0 Å². The van der Waals surface area contributed by atoms with Gasteiger partial charge in [-0.05, 0) is 61.2 Å². The standard InChI is InChI=1S/C21H25N3O3/c22-17-8-3-15(4-9-17)5-12-20(25)24-18-10-6-16(7-11-18)21(26)23-14-19-2-1-13-27-19/h3-4,6-11,19H,1-2,5,12-14,22H2,(H,23,26)(H,24,25). The molecule has 0 bridgehead atoms. The highest BCUT2D eigenvalue weighted by atomic mass is 16.5. The number of carbonyl (C=O) groups is 2. The molecular formula is C21H25N3O3. The lowest BCUT2D eigenvalue weighted by molar-refractivity contribution is -0.116. The molecule has 6 heteroatoms. The molecular weight excluding hydrogens is 342 g/mol. The Labute approximate surface area is 159 Å². The second kappa shape index (κ2) is 9.19. The third kappa shape index (κ3) is 5.82. The van der Waals surface area contributed by atoms with Crippen LogP contribution in [0.15, 0.2) is 48.5 Å². The summed E-state index contributed by atoms with van der Waals surface area (Å²) >= 11 is 0. The second-order valence-corrected chi connectivity index (χ2v) is 6.71.